The second-order valence-electron chi connectivity index (χ2n) is 4.31. The average Bonchev–Trinajstić information content (AvgIpc) is 2.41. The van der Waals surface area contributed by atoms with Gasteiger partial charge in [-0.15, -0.1) is 0 Å². The molecular formula is C14H20F2N2O3. The molecule has 0 spiro atoms. The lowest BCUT2D eigenvalue weighted by Gasteiger charge is -2.18. The molecule has 5 nitrogen and oxygen atoms in total. The van der Waals surface area contributed by atoms with Gasteiger partial charge in [0.2, 0.25) is 5.91 Å². The average molecular weight is 302 g/mol. The molecule has 3 N–H and O–H groups in total. The summed E-state index contributed by atoms with van der Waals surface area (Å²) in [4.78, 5) is 11.5. The molecule has 0 aliphatic rings. The first-order chi connectivity index (χ1) is 9.99. The van der Waals surface area contributed by atoms with E-state index >= 15 is 0 Å². The molecule has 7 heteroatoms. The Kier molecular flexibility index (Phi) is 6.87. The van der Waals surface area contributed by atoms with Gasteiger partial charge in [-0.2, -0.15) is 8.78 Å². The molecule has 0 aliphatic carbocycles. The van der Waals surface area contributed by atoms with Crippen LogP contribution in [0.25, 0.3) is 0 Å². The van der Waals surface area contributed by atoms with Crippen LogP contribution < -0.4 is 20.5 Å². The number of halogens is 2. The largest absolute Gasteiger partial charge is 0.490 e. The highest BCUT2D eigenvalue weighted by Crippen LogP contribution is 2.31. The minimum atomic E-state index is -2.94. The van der Waals surface area contributed by atoms with Gasteiger partial charge in [-0.05, 0) is 37.6 Å². The van der Waals surface area contributed by atoms with Gasteiger partial charge in [0, 0.05) is 0 Å². The minimum Gasteiger partial charge on any atom is -0.490 e. The van der Waals surface area contributed by atoms with E-state index in [1.165, 1.54) is 18.2 Å². The van der Waals surface area contributed by atoms with Crippen molar-refractivity contribution >= 4 is 5.91 Å². The third-order valence-corrected chi connectivity index (χ3v) is 2.70. The van der Waals surface area contributed by atoms with Crippen LogP contribution >= 0.6 is 0 Å². The van der Waals surface area contributed by atoms with Gasteiger partial charge in [0.25, 0.3) is 0 Å². The molecule has 21 heavy (non-hydrogen) atoms. The number of amides is 1. The van der Waals surface area contributed by atoms with E-state index in [1.54, 1.807) is 6.92 Å². The molecule has 1 aromatic rings. The van der Waals surface area contributed by atoms with Crippen LogP contribution in [-0.2, 0) is 4.79 Å². The molecule has 0 aliphatic heterocycles. The van der Waals surface area contributed by atoms with Crippen LogP contribution in [0.5, 0.6) is 11.5 Å². The topological polar surface area (TPSA) is 73.6 Å². The van der Waals surface area contributed by atoms with E-state index in [-0.39, 0.29) is 18.1 Å². The van der Waals surface area contributed by atoms with E-state index in [4.69, 9.17) is 10.5 Å². The lowest BCUT2D eigenvalue weighted by Crippen LogP contribution is -2.34. The van der Waals surface area contributed by atoms with Crippen LogP contribution in [0.3, 0.4) is 0 Å². The quantitative estimate of drug-likeness (QED) is 0.733. The number of carbonyl (C=O) groups is 1. The van der Waals surface area contributed by atoms with Crippen LogP contribution in [0.15, 0.2) is 18.2 Å². The lowest BCUT2D eigenvalue weighted by atomic mass is 10.1. The standard InChI is InChI=1S/C14H20F2N2O3/c1-3-7-18-12(13(17)19)9-5-6-10(21-14(15)16)11(8-9)20-4-2/h5-6,8,12,14,18H,3-4,7H2,1-2H3,(H2,17,19). The first-order valence-corrected chi connectivity index (χ1v) is 6.73. The molecule has 1 rings (SSSR count). The summed E-state index contributed by atoms with van der Waals surface area (Å²) in [7, 11) is 0. The molecule has 118 valence electrons. The maximum Gasteiger partial charge on any atom is 0.387 e. The van der Waals surface area contributed by atoms with Gasteiger partial charge in [-0.25, -0.2) is 0 Å². The summed E-state index contributed by atoms with van der Waals surface area (Å²) in [6, 6.07) is 3.64. The fourth-order valence-electron chi connectivity index (χ4n) is 1.84. The Morgan fingerprint density at radius 2 is 2.05 bits per heavy atom. The molecule has 0 aromatic heterocycles. The summed E-state index contributed by atoms with van der Waals surface area (Å²) in [6.45, 7) is 1.62. The number of carbonyl (C=O) groups excluding carboxylic acids is 1. The molecular weight excluding hydrogens is 282 g/mol. The van der Waals surface area contributed by atoms with Crippen molar-refractivity contribution in [1.29, 1.82) is 0 Å². The maximum absolute atomic E-state index is 12.3. The van der Waals surface area contributed by atoms with Crippen LogP contribution in [0.2, 0.25) is 0 Å². The summed E-state index contributed by atoms with van der Waals surface area (Å²) in [6.07, 6.45) is 0.828. The normalized spacial score (nSPS) is 12.2. The first-order valence-electron chi connectivity index (χ1n) is 6.73. The Morgan fingerprint density at radius 3 is 2.57 bits per heavy atom. The summed E-state index contributed by atoms with van der Waals surface area (Å²) in [5.74, 6) is -0.470. The first kappa shape index (κ1) is 17.2. The Morgan fingerprint density at radius 1 is 1.33 bits per heavy atom. The number of hydrogen-bond donors (Lipinski definition) is 2. The zero-order chi connectivity index (χ0) is 15.8. The van der Waals surface area contributed by atoms with E-state index in [0.717, 1.165) is 6.42 Å². The third-order valence-electron chi connectivity index (χ3n) is 2.70. The van der Waals surface area contributed by atoms with Gasteiger partial charge < -0.3 is 20.5 Å². The Hall–Kier alpha value is -1.89. The lowest BCUT2D eigenvalue weighted by molar-refractivity contribution is -0.120. The molecule has 1 unspecified atom stereocenters. The van der Waals surface area contributed by atoms with Crippen LogP contribution in [0.1, 0.15) is 31.9 Å². The Balaban J connectivity index is 3.06. The smallest absolute Gasteiger partial charge is 0.387 e. The molecule has 0 fully saturated rings. The number of nitrogens with two attached hydrogens (primary N) is 1. The summed E-state index contributed by atoms with van der Waals surface area (Å²) < 4.78 is 34.3. The number of nitrogens with one attached hydrogen (secondary N) is 1. The number of alkyl halides is 2. The van der Waals surface area contributed by atoms with Gasteiger partial charge in [0.15, 0.2) is 11.5 Å². The second-order valence-corrected chi connectivity index (χ2v) is 4.31. The van der Waals surface area contributed by atoms with Crippen molar-refractivity contribution in [2.75, 3.05) is 13.2 Å². The van der Waals surface area contributed by atoms with E-state index in [0.29, 0.717) is 12.1 Å². The summed E-state index contributed by atoms with van der Waals surface area (Å²) in [5, 5.41) is 3.00. The van der Waals surface area contributed by atoms with Crippen molar-refractivity contribution in [3.8, 4) is 11.5 Å². The van der Waals surface area contributed by atoms with Crippen LogP contribution in [0.4, 0.5) is 8.78 Å². The van der Waals surface area contributed by atoms with Gasteiger partial charge in [0.05, 0.1) is 6.61 Å². The van der Waals surface area contributed by atoms with Gasteiger partial charge >= 0.3 is 6.61 Å². The maximum atomic E-state index is 12.3. The van der Waals surface area contributed by atoms with E-state index in [2.05, 4.69) is 10.1 Å². The zero-order valence-corrected chi connectivity index (χ0v) is 12.1. The van der Waals surface area contributed by atoms with Gasteiger partial charge in [-0.3, -0.25) is 4.79 Å². The van der Waals surface area contributed by atoms with Crippen molar-refractivity contribution < 1.29 is 23.0 Å². The Labute approximate surface area is 122 Å². The van der Waals surface area contributed by atoms with Crippen molar-refractivity contribution in [2.24, 2.45) is 5.73 Å². The highest BCUT2D eigenvalue weighted by molar-refractivity contribution is 5.81. The number of benzene rings is 1. The number of ether oxygens (including phenoxy) is 2. The second kappa shape index (κ2) is 8.41. The minimum absolute atomic E-state index is 0.0747. The predicted molar refractivity (Wildman–Crippen MR) is 74.5 cm³/mol. The Bertz CT molecular complexity index is 470. The molecule has 1 atom stereocenters. The van der Waals surface area contributed by atoms with Crippen molar-refractivity contribution in [3.63, 3.8) is 0 Å². The third kappa shape index (κ3) is 5.18. The predicted octanol–water partition coefficient (Wildman–Crippen LogP) is 2.21. The van der Waals surface area contributed by atoms with E-state index in [1.807, 2.05) is 6.92 Å². The van der Waals surface area contributed by atoms with Crippen molar-refractivity contribution in [3.05, 3.63) is 23.8 Å². The van der Waals surface area contributed by atoms with Gasteiger partial charge in [0.1, 0.15) is 6.04 Å². The fraction of sp³-hybridized carbons (Fsp3) is 0.500. The van der Waals surface area contributed by atoms with Gasteiger partial charge in [-0.1, -0.05) is 13.0 Å². The molecule has 0 saturated heterocycles. The monoisotopic (exact) mass is 302 g/mol. The molecule has 1 amide bonds. The zero-order valence-electron chi connectivity index (χ0n) is 12.1. The number of rotatable bonds is 9. The van der Waals surface area contributed by atoms with E-state index in [9.17, 15) is 13.6 Å². The number of hydrogen-bond acceptors (Lipinski definition) is 4. The molecule has 0 heterocycles. The molecule has 0 bridgehead atoms. The number of primary amides is 1. The molecule has 0 saturated carbocycles. The molecule has 1 aromatic carbocycles. The molecule has 0 radical (unpaired) electrons. The highest BCUT2D eigenvalue weighted by Gasteiger charge is 2.20. The highest BCUT2D eigenvalue weighted by atomic mass is 19.3. The van der Waals surface area contributed by atoms with Crippen molar-refractivity contribution in [2.45, 2.75) is 32.9 Å². The van der Waals surface area contributed by atoms with Crippen molar-refractivity contribution in [1.82, 2.24) is 5.32 Å². The van der Waals surface area contributed by atoms with E-state index < -0.39 is 18.6 Å². The van der Waals surface area contributed by atoms with Crippen LogP contribution in [-0.4, -0.2) is 25.7 Å². The summed E-state index contributed by atoms with van der Waals surface area (Å²) >= 11 is 0. The SMILES string of the molecule is CCCNC(C(N)=O)c1ccc(OC(F)F)c(OCC)c1. The fourth-order valence-corrected chi connectivity index (χ4v) is 1.84. The summed E-state index contributed by atoms with van der Waals surface area (Å²) in [5.41, 5.74) is 5.90. The van der Waals surface area contributed by atoms with Crippen LogP contribution in [0, 0.1) is 0 Å².